The van der Waals surface area contributed by atoms with Gasteiger partial charge in [-0.3, -0.25) is 0 Å². The lowest BCUT2D eigenvalue weighted by atomic mass is 10.2. The van der Waals surface area contributed by atoms with Crippen LogP contribution in [0.5, 0.6) is 0 Å². The number of para-hydroxylation sites is 1. The third-order valence-electron chi connectivity index (χ3n) is 2.67. The van der Waals surface area contributed by atoms with Crippen LogP contribution in [-0.4, -0.2) is 4.68 Å². The molecule has 16 heavy (non-hydrogen) atoms. The molecule has 1 aromatic carbocycles. The molecule has 0 saturated heterocycles. The van der Waals surface area contributed by atoms with E-state index in [-0.39, 0.29) is 0 Å². The van der Waals surface area contributed by atoms with Crippen LogP contribution in [-0.2, 0) is 6.54 Å². The molecule has 0 amide bonds. The number of rotatable bonds is 3. The Morgan fingerprint density at radius 1 is 1.44 bits per heavy atom. The standard InChI is InChI=1S/C12H13N3O/c1-2-3-8-14-12(9-13)10-6-4-5-7-11(10)15(14)16/h4-7H,2-3,8H2,1H3. The van der Waals surface area contributed by atoms with Crippen molar-refractivity contribution in [2.24, 2.45) is 0 Å². The summed E-state index contributed by atoms with van der Waals surface area (Å²) in [6.07, 6.45) is 1.90. The maximum atomic E-state index is 11.9. The van der Waals surface area contributed by atoms with E-state index in [1.54, 1.807) is 6.07 Å². The zero-order chi connectivity index (χ0) is 11.5. The molecular weight excluding hydrogens is 202 g/mol. The van der Waals surface area contributed by atoms with Crippen molar-refractivity contribution in [3.05, 3.63) is 35.2 Å². The molecule has 1 aromatic heterocycles. The first kappa shape index (κ1) is 10.5. The zero-order valence-corrected chi connectivity index (χ0v) is 9.18. The Kier molecular flexibility index (Phi) is 2.78. The molecule has 4 nitrogen and oxygen atoms in total. The summed E-state index contributed by atoms with van der Waals surface area (Å²) in [7, 11) is 0. The normalized spacial score (nSPS) is 10.5. The SMILES string of the molecule is CCCCn1c(C#N)c2ccccc2[n+]1[O-]. The van der Waals surface area contributed by atoms with Gasteiger partial charge in [-0.15, -0.1) is 4.68 Å². The number of nitriles is 1. The minimum atomic E-state index is 0.457. The van der Waals surface area contributed by atoms with E-state index >= 15 is 0 Å². The fourth-order valence-electron chi connectivity index (χ4n) is 1.83. The number of unbranched alkanes of at least 4 members (excludes halogenated alkanes) is 1. The predicted molar refractivity (Wildman–Crippen MR) is 60.5 cm³/mol. The molecule has 82 valence electrons. The molecule has 1 heterocycles. The molecule has 0 spiro atoms. The number of benzene rings is 1. The second-order valence-electron chi connectivity index (χ2n) is 3.73. The maximum absolute atomic E-state index is 11.9. The minimum absolute atomic E-state index is 0.457. The summed E-state index contributed by atoms with van der Waals surface area (Å²) in [4.78, 5) is 0.823. The third kappa shape index (κ3) is 1.50. The Morgan fingerprint density at radius 3 is 2.88 bits per heavy atom. The summed E-state index contributed by atoms with van der Waals surface area (Å²) in [5, 5.41) is 21.8. The summed E-state index contributed by atoms with van der Waals surface area (Å²) in [6.45, 7) is 2.65. The van der Waals surface area contributed by atoms with E-state index in [9.17, 15) is 5.21 Å². The topological polar surface area (TPSA) is 55.7 Å². The smallest absolute Gasteiger partial charge is 0.252 e. The molecule has 0 unspecified atom stereocenters. The van der Waals surface area contributed by atoms with Gasteiger partial charge in [0.1, 0.15) is 6.07 Å². The van der Waals surface area contributed by atoms with E-state index in [2.05, 4.69) is 13.0 Å². The van der Waals surface area contributed by atoms with Crippen LogP contribution in [0.25, 0.3) is 10.9 Å². The van der Waals surface area contributed by atoms with Gasteiger partial charge in [-0.1, -0.05) is 30.3 Å². The first-order valence-electron chi connectivity index (χ1n) is 5.40. The minimum Gasteiger partial charge on any atom is -0.595 e. The zero-order valence-electron chi connectivity index (χ0n) is 9.18. The first-order chi connectivity index (χ1) is 7.79. The second-order valence-corrected chi connectivity index (χ2v) is 3.73. The van der Waals surface area contributed by atoms with Crippen LogP contribution in [0.3, 0.4) is 0 Å². The van der Waals surface area contributed by atoms with E-state index in [1.165, 1.54) is 4.68 Å². The van der Waals surface area contributed by atoms with Gasteiger partial charge in [-0.05, 0) is 12.5 Å². The van der Waals surface area contributed by atoms with Gasteiger partial charge in [0.15, 0.2) is 5.69 Å². The molecule has 0 aliphatic heterocycles. The van der Waals surface area contributed by atoms with Crippen molar-refractivity contribution < 1.29 is 4.85 Å². The Hall–Kier alpha value is -2.02. The molecule has 0 N–H and O–H groups in total. The van der Waals surface area contributed by atoms with Crippen LogP contribution in [0.2, 0.25) is 0 Å². The van der Waals surface area contributed by atoms with E-state index < -0.39 is 0 Å². The van der Waals surface area contributed by atoms with E-state index in [4.69, 9.17) is 5.26 Å². The van der Waals surface area contributed by atoms with Crippen molar-refractivity contribution in [2.45, 2.75) is 26.3 Å². The number of nitrogens with zero attached hydrogens (tertiary/aromatic N) is 3. The molecule has 0 aliphatic carbocycles. The van der Waals surface area contributed by atoms with Gasteiger partial charge >= 0.3 is 0 Å². The summed E-state index contributed by atoms with van der Waals surface area (Å²) in [6, 6.07) is 9.31. The van der Waals surface area contributed by atoms with Gasteiger partial charge in [0, 0.05) is 6.07 Å². The Balaban J connectivity index is 2.63. The van der Waals surface area contributed by atoms with Crippen molar-refractivity contribution in [1.82, 2.24) is 4.68 Å². The maximum Gasteiger partial charge on any atom is 0.252 e. The monoisotopic (exact) mass is 215 g/mol. The fourth-order valence-corrected chi connectivity index (χ4v) is 1.83. The van der Waals surface area contributed by atoms with Crippen LogP contribution >= 0.6 is 0 Å². The van der Waals surface area contributed by atoms with Crippen molar-refractivity contribution >= 4 is 10.9 Å². The molecule has 0 fully saturated rings. The average molecular weight is 215 g/mol. The highest BCUT2D eigenvalue weighted by molar-refractivity contribution is 5.81. The highest BCUT2D eigenvalue weighted by Gasteiger charge is 2.18. The summed E-state index contributed by atoms with van der Waals surface area (Å²) in [5.74, 6) is 0. The summed E-state index contributed by atoms with van der Waals surface area (Å²) in [5.41, 5.74) is 1.02. The first-order valence-corrected chi connectivity index (χ1v) is 5.40. The highest BCUT2D eigenvalue weighted by Crippen LogP contribution is 2.16. The lowest BCUT2D eigenvalue weighted by Crippen LogP contribution is -2.38. The van der Waals surface area contributed by atoms with Crippen molar-refractivity contribution in [1.29, 1.82) is 5.26 Å². The van der Waals surface area contributed by atoms with Gasteiger partial charge < -0.3 is 5.21 Å². The predicted octanol–water partition coefficient (Wildman–Crippen LogP) is 1.95. The Morgan fingerprint density at radius 2 is 2.19 bits per heavy atom. The quantitative estimate of drug-likeness (QED) is 0.580. The van der Waals surface area contributed by atoms with Crippen LogP contribution < -0.4 is 4.85 Å². The molecule has 2 rings (SSSR count). The fraction of sp³-hybridized carbons (Fsp3) is 0.333. The van der Waals surface area contributed by atoms with Gasteiger partial charge in [-0.2, -0.15) is 5.26 Å². The molecule has 0 bridgehead atoms. The van der Waals surface area contributed by atoms with Gasteiger partial charge in [-0.25, -0.2) is 0 Å². The Bertz CT molecular complexity index is 551. The van der Waals surface area contributed by atoms with E-state index in [1.807, 2.05) is 18.2 Å². The lowest BCUT2D eigenvalue weighted by molar-refractivity contribution is -0.670. The van der Waals surface area contributed by atoms with Crippen molar-refractivity contribution in [3.63, 3.8) is 0 Å². The molecule has 2 aromatic rings. The van der Waals surface area contributed by atoms with Crippen LogP contribution in [0, 0.1) is 16.5 Å². The second kappa shape index (κ2) is 4.23. The highest BCUT2D eigenvalue weighted by atomic mass is 16.5. The van der Waals surface area contributed by atoms with Gasteiger partial charge in [0.05, 0.1) is 11.9 Å². The third-order valence-corrected chi connectivity index (χ3v) is 2.67. The van der Waals surface area contributed by atoms with Crippen LogP contribution in [0.4, 0.5) is 0 Å². The van der Waals surface area contributed by atoms with Crippen LogP contribution in [0.15, 0.2) is 24.3 Å². The molecule has 0 radical (unpaired) electrons. The van der Waals surface area contributed by atoms with Gasteiger partial charge in [0.25, 0.3) is 5.52 Å². The van der Waals surface area contributed by atoms with Crippen LogP contribution in [0.1, 0.15) is 25.5 Å². The van der Waals surface area contributed by atoms with E-state index in [0.717, 1.165) is 23.1 Å². The number of hydrogen-bond acceptors (Lipinski definition) is 2. The molecule has 0 saturated carbocycles. The molecule has 4 heteroatoms. The molecular formula is C12H13N3O. The summed E-state index contributed by atoms with van der Waals surface area (Å²) >= 11 is 0. The lowest BCUT2D eigenvalue weighted by Gasteiger charge is -2.02. The number of hydrogen-bond donors (Lipinski definition) is 0. The van der Waals surface area contributed by atoms with E-state index in [0.29, 0.717) is 17.8 Å². The largest absolute Gasteiger partial charge is 0.595 e. The molecule has 0 aliphatic rings. The van der Waals surface area contributed by atoms with Crippen molar-refractivity contribution in [2.75, 3.05) is 0 Å². The number of aromatic nitrogens is 2. The average Bonchev–Trinajstić information content (AvgIpc) is 2.60. The number of fused-ring (bicyclic) bond motifs is 1. The van der Waals surface area contributed by atoms with Crippen molar-refractivity contribution in [3.8, 4) is 6.07 Å². The summed E-state index contributed by atoms with van der Waals surface area (Å²) < 4.78 is 1.51. The molecule has 0 atom stereocenters. The Labute approximate surface area is 93.9 Å². The van der Waals surface area contributed by atoms with Gasteiger partial charge in [0.2, 0.25) is 0 Å².